The van der Waals surface area contributed by atoms with E-state index in [1.807, 2.05) is 35.7 Å². The molecule has 0 spiro atoms. The summed E-state index contributed by atoms with van der Waals surface area (Å²) < 4.78 is 2.81. The summed E-state index contributed by atoms with van der Waals surface area (Å²) in [5, 5.41) is 2.43. The normalized spacial score (nSPS) is 17.9. The van der Waals surface area contributed by atoms with Crippen molar-refractivity contribution in [3.8, 4) is 0 Å². The highest BCUT2D eigenvalue weighted by Gasteiger charge is 2.31. The third-order valence-electron chi connectivity index (χ3n) is 6.91. The number of nitrogens with zero attached hydrogens (tertiary/aromatic N) is 3. The van der Waals surface area contributed by atoms with E-state index in [4.69, 9.17) is 5.73 Å². The molecule has 1 saturated heterocycles. The smallest absolute Gasteiger partial charge is 0.329 e. The maximum atomic E-state index is 12.3. The molecule has 184 valence electrons. The molecule has 0 radical (unpaired) electrons. The average Bonchev–Trinajstić information content (AvgIpc) is 3.54. The fraction of sp³-hybridized carbons (Fsp3) is 0.357. The second-order valence-corrected chi connectivity index (χ2v) is 9.92. The SMILES string of the molecule is CCN1CCC(Cc2ccccc2)C1CN.Cn1c(=O)n(Cc2ccccc2)c(=O)c2ccsc21. The van der Waals surface area contributed by atoms with Gasteiger partial charge in [0.1, 0.15) is 4.83 Å². The van der Waals surface area contributed by atoms with E-state index in [9.17, 15) is 9.59 Å². The molecule has 2 unspecified atom stereocenters. The molecule has 0 bridgehead atoms. The van der Waals surface area contributed by atoms with E-state index >= 15 is 0 Å². The molecule has 7 heteroatoms. The van der Waals surface area contributed by atoms with Crippen LogP contribution in [0.5, 0.6) is 0 Å². The fourth-order valence-corrected chi connectivity index (χ4v) is 5.86. The minimum absolute atomic E-state index is 0.219. The summed E-state index contributed by atoms with van der Waals surface area (Å²) in [4.78, 5) is 27.8. The summed E-state index contributed by atoms with van der Waals surface area (Å²) in [5.41, 5.74) is 7.80. The van der Waals surface area contributed by atoms with Crippen molar-refractivity contribution < 1.29 is 0 Å². The van der Waals surface area contributed by atoms with Gasteiger partial charge in [-0.15, -0.1) is 11.3 Å². The molecular formula is C28H34N4O2S. The Morgan fingerprint density at radius 1 is 0.971 bits per heavy atom. The minimum atomic E-state index is -0.274. The minimum Gasteiger partial charge on any atom is -0.329 e. The van der Waals surface area contributed by atoms with Gasteiger partial charge in [0.2, 0.25) is 0 Å². The molecule has 3 heterocycles. The molecule has 35 heavy (non-hydrogen) atoms. The Balaban J connectivity index is 0.000000168. The average molecular weight is 491 g/mol. The van der Waals surface area contributed by atoms with Crippen LogP contribution in [0.3, 0.4) is 0 Å². The molecule has 6 nitrogen and oxygen atoms in total. The Bertz CT molecular complexity index is 1340. The van der Waals surface area contributed by atoms with E-state index in [2.05, 4.69) is 42.2 Å². The quantitative estimate of drug-likeness (QED) is 0.447. The lowest BCUT2D eigenvalue weighted by Gasteiger charge is -2.25. The maximum absolute atomic E-state index is 12.3. The highest BCUT2D eigenvalue weighted by atomic mass is 32.1. The number of likely N-dealkylation sites (N-methyl/N-ethyl adjacent to an activating group) is 1. The number of fused-ring (bicyclic) bond motifs is 1. The molecule has 1 aliphatic heterocycles. The van der Waals surface area contributed by atoms with Crippen molar-refractivity contribution in [2.24, 2.45) is 18.7 Å². The summed E-state index contributed by atoms with van der Waals surface area (Å²) in [6.07, 6.45) is 2.48. The summed E-state index contributed by atoms with van der Waals surface area (Å²) in [6, 6.07) is 22.6. The molecule has 2 N–H and O–H groups in total. The van der Waals surface area contributed by atoms with Crippen molar-refractivity contribution in [1.82, 2.24) is 14.0 Å². The number of likely N-dealkylation sites (tertiary alicyclic amines) is 1. The van der Waals surface area contributed by atoms with E-state index in [0.29, 0.717) is 18.0 Å². The molecule has 1 aliphatic rings. The third-order valence-corrected chi connectivity index (χ3v) is 7.90. The summed E-state index contributed by atoms with van der Waals surface area (Å²) in [7, 11) is 1.70. The Morgan fingerprint density at radius 2 is 1.63 bits per heavy atom. The monoisotopic (exact) mass is 490 g/mol. The molecule has 5 rings (SSSR count). The number of rotatable bonds is 6. The number of thiophene rings is 1. The van der Waals surface area contributed by atoms with E-state index in [-0.39, 0.29) is 11.2 Å². The van der Waals surface area contributed by atoms with Crippen LogP contribution in [0.1, 0.15) is 24.5 Å². The first-order valence-corrected chi connectivity index (χ1v) is 13.1. The second-order valence-electron chi connectivity index (χ2n) is 9.03. The Labute approximate surface area is 210 Å². The van der Waals surface area contributed by atoms with E-state index in [1.54, 1.807) is 13.1 Å². The lowest BCUT2D eigenvalue weighted by molar-refractivity contribution is 0.241. The van der Waals surface area contributed by atoms with E-state index in [1.165, 1.54) is 45.4 Å². The molecule has 4 aromatic rings. The topological polar surface area (TPSA) is 73.3 Å². The largest absolute Gasteiger partial charge is 0.332 e. The van der Waals surface area contributed by atoms with Gasteiger partial charge in [0, 0.05) is 19.6 Å². The van der Waals surface area contributed by atoms with Crippen LogP contribution in [0.4, 0.5) is 0 Å². The van der Waals surface area contributed by atoms with Crippen LogP contribution in [0, 0.1) is 5.92 Å². The molecule has 2 atom stereocenters. The van der Waals surface area contributed by atoms with Crippen molar-refractivity contribution in [1.29, 1.82) is 0 Å². The highest BCUT2D eigenvalue weighted by Crippen LogP contribution is 2.26. The molecule has 1 fully saturated rings. The predicted octanol–water partition coefficient (Wildman–Crippen LogP) is 3.71. The third kappa shape index (κ3) is 5.64. The van der Waals surface area contributed by atoms with Crippen molar-refractivity contribution in [2.45, 2.75) is 32.4 Å². The van der Waals surface area contributed by atoms with Crippen LogP contribution >= 0.6 is 11.3 Å². The first kappa shape index (κ1) is 25.1. The number of hydrogen-bond acceptors (Lipinski definition) is 5. The van der Waals surface area contributed by atoms with E-state index in [0.717, 1.165) is 29.4 Å². The summed E-state index contributed by atoms with van der Waals surface area (Å²) in [6.45, 7) is 5.68. The Hall–Kier alpha value is -3.00. The van der Waals surface area contributed by atoms with Crippen LogP contribution in [0.15, 0.2) is 81.7 Å². The maximum Gasteiger partial charge on any atom is 0.332 e. The van der Waals surface area contributed by atoms with Crippen LogP contribution in [-0.2, 0) is 20.0 Å². The van der Waals surface area contributed by atoms with Crippen LogP contribution in [0.25, 0.3) is 10.2 Å². The van der Waals surface area contributed by atoms with Crippen molar-refractivity contribution in [3.63, 3.8) is 0 Å². The second kappa shape index (κ2) is 11.6. The van der Waals surface area contributed by atoms with Gasteiger partial charge >= 0.3 is 5.69 Å². The molecule has 0 amide bonds. The molecule has 2 aromatic heterocycles. The van der Waals surface area contributed by atoms with Crippen LogP contribution in [0.2, 0.25) is 0 Å². The van der Waals surface area contributed by atoms with Gasteiger partial charge in [-0.2, -0.15) is 0 Å². The van der Waals surface area contributed by atoms with Gasteiger partial charge in [-0.25, -0.2) is 4.79 Å². The number of aryl methyl sites for hydroxylation is 1. The van der Waals surface area contributed by atoms with Crippen molar-refractivity contribution in [3.05, 3.63) is 104 Å². The lowest BCUT2D eigenvalue weighted by atomic mass is 9.92. The van der Waals surface area contributed by atoms with Gasteiger partial charge in [-0.3, -0.25) is 18.8 Å². The van der Waals surface area contributed by atoms with E-state index < -0.39 is 0 Å². The van der Waals surface area contributed by atoms with Crippen molar-refractivity contribution >= 4 is 21.6 Å². The first-order chi connectivity index (χ1) is 17.0. The van der Waals surface area contributed by atoms with Crippen molar-refractivity contribution in [2.75, 3.05) is 19.6 Å². The molecule has 2 aromatic carbocycles. The fourth-order valence-electron chi connectivity index (χ4n) is 5.01. The zero-order valence-electron chi connectivity index (χ0n) is 20.5. The molecule has 0 saturated carbocycles. The van der Waals surface area contributed by atoms with Gasteiger partial charge in [0.25, 0.3) is 5.56 Å². The van der Waals surface area contributed by atoms with Gasteiger partial charge in [0.05, 0.1) is 11.9 Å². The predicted molar refractivity (Wildman–Crippen MR) is 145 cm³/mol. The van der Waals surface area contributed by atoms with Gasteiger partial charge < -0.3 is 5.73 Å². The number of aromatic nitrogens is 2. The lowest BCUT2D eigenvalue weighted by Crippen LogP contribution is -2.39. The number of nitrogens with two attached hydrogens (primary N) is 1. The van der Waals surface area contributed by atoms with Gasteiger partial charge in [0.15, 0.2) is 0 Å². The number of benzene rings is 2. The van der Waals surface area contributed by atoms with Crippen LogP contribution in [-0.4, -0.2) is 39.7 Å². The van der Waals surface area contributed by atoms with Gasteiger partial charge in [-0.05, 0) is 54.4 Å². The molecule has 0 aliphatic carbocycles. The standard InChI is InChI=1S/C14H12N2O2S.C14H22N2/c1-15-13-11(7-8-19-13)12(17)16(14(15)18)9-10-5-3-2-4-6-10;1-2-16-9-8-13(14(16)11-15)10-12-6-4-3-5-7-12/h2-8H,9H2,1H3;3-7,13-14H,2,8-11,15H2,1H3. The van der Waals surface area contributed by atoms with Gasteiger partial charge in [-0.1, -0.05) is 67.6 Å². The van der Waals surface area contributed by atoms with Crippen LogP contribution < -0.4 is 17.0 Å². The summed E-state index contributed by atoms with van der Waals surface area (Å²) in [5.74, 6) is 0.743. The molecular weight excluding hydrogens is 456 g/mol. The Morgan fingerprint density at radius 3 is 2.26 bits per heavy atom. The first-order valence-electron chi connectivity index (χ1n) is 12.2. The Kier molecular flexibility index (Phi) is 8.33. The zero-order valence-corrected chi connectivity index (χ0v) is 21.3. The highest BCUT2D eigenvalue weighted by molar-refractivity contribution is 7.16. The number of hydrogen-bond donors (Lipinski definition) is 1. The zero-order chi connectivity index (χ0) is 24.8. The summed E-state index contributed by atoms with van der Waals surface area (Å²) >= 11 is 1.41.